The monoisotopic (exact) mass is 266 g/mol. The van der Waals surface area contributed by atoms with E-state index in [0.29, 0.717) is 11.7 Å². The fraction of sp³-hybridized carbons (Fsp3) is 0.462. The van der Waals surface area contributed by atoms with Gasteiger partial charge >= 0.3 is 5.97 Å². The summed E-state index contributed by atoms with van der Waals surface area (Å²) < 4.78 is 0. The molecule has 0 aliphatic carbocycles. The Bertz CT molecular complexity index is 457. The van der Waals surface area contributed by atoms with Crippen LogP contribution in [0.1, 0.15) is 28.8 Å². The van der Waals surface area contributed by atoms with Crippen LogP contribution in [0.3, 0.4) is 0 Å². The van der Waals surface area contributed by atoms with Crippen molar-refractivity contribution in [3.05, 3.63) is 23.3 Å². The van der Waals surface area contributed by atoms with Crippen molar-refractivity contribution in [2.75, 3.05) is 22.6 Å². The fourth-order valence-electron chi connectivity index (χ4n) is 2.15. The van der Waals surface area contributed by atoms with Gasteiger partial charge in [-0.3, -0.25) is 0 Å². The molecule has 4 nitrogen and oxygen atoms in total. The minimum Gasteiger partial charge on any atom is -0.478 e. The summed E-state index contributed by atoms with van der Waals surface area (Å²) in [7, 11) is 0. The summed E-state index contributed by atoms with van der Waals surface area (Å²) in [5.41, 5.74) is 7.97. The highest BCUT2D eigenvalue weighted by Crippen LogP contribution is 2.26. The van der Waals surface area contributed by atoms with Crippen LogP contribution in [0, 0.1) is 6.92 Å². The van der Waals surface area contributed by atoms with Gasteiger partial charge in [0.05, 0.1) is 5.56 Å². The third kappa shape index (κ3) is 2.90. The second-order valence-corrected chi connectivity index (χ2v) is 5.77. The van der Waals surface area contributed by atoms with Gasteiger partial charge < -0.3 is 16.2 Å². The first-order valence-electron chi connectivity index (χ1n) is 6.05. The molecule has 1 aliphatic rings. The van der Waals surface area contributed by atoms with Gasteiger partial charge in [0.25, 0.3) is 0 Å². The van der Waals surface area contributed by atoms with Crippen LogP contribution in [0.2, 0.25) is 0 Å². The molecule has 4 N–H and O–H groups in total. The topological polar surface area (TPSA) is 75.3 Å². The largest absolute Gasteiger partial charge is 0.478 e. The predicted molar refractivity (Wildman–Crippen MR) is 76.5 cm³/mol. The van der Waals surface area contributed by atoms with Gasteiger partial charge in [-0.05, 0) is 43.2 Å². The van der Waals surface area contributed by atoms with E-state index in [1.165, 1.54) is 12.2 Å². The number of nitrogens with one attached hydrogen (secondary N) is 1. The van der Waals surface area contributed by atoms with Crippen LogP contribution in [0.5, 0.6) is 0 Å². The molecule has 1 aromatic rings. The van der Waals surface area contributed by atoms with Crippen LogP contribution in [-0.4, -0.2) is 28.6 Å². The summed E-state index contributed by atoms with van der Waals surface area (Å²) in [5, 5.41) is 12.5. The van der Waals surface area contributed by atoms with Gasteiger partial charge in [-0.15, -0.1) is 0 Å². The van der Waals surface area contributed by atoms with E-state index < -0.39 is 5.97 Å². The summed E-state index contributed by atoms with van der Waals surface area (Å²) in [5.74, 6) is 1.32. The standard InChI is InChI=1S/C13H18N2O2S/c1-8-5-10(6-11(12(8)14)13(16)17)15-9-3-2-4-18-7-9/h5-6,9,15H,2-4,7,14H2,1H3,(H,16,17). The molecule has 0 bridgehead atoms. The maximum atomic E-state index is 11.1. The molecule has 1 fully saturated rings. The lowest BCUT2D eigenvalue weighted by atomic mass is 10.1. The minimum atomic E-state index is -0.975. The molecule has 0 spiro atoms. The van der Waals surface area contributed by atoms with Crippen molar-refractivity contribution in [3.8, 4) is 0 Å². The van der Waals surface area contributed by atoms with E-state index >= 15 is 0 Å². The van der Waals surface area contributed by atoms with E-state index in [9.17, 15) is 4.79 Å². The number of carboxylic acid groups (broad SMARTS) is 1. The molecule has 1 saturated heterocycles. The third-order valence-corrected chi connectivity index (χ3v) is 4.36. The first kappa shape index (κ1) is 13.1. The second kappa shape index (κ2) is 5.52. The number of carbonyl (C=O) groups is 1. The molecule has 0 saturated carbocycles. The lowest BCUT2D eigenvalue weighted by Crippen LogP contribution is -2.26. The van der Waals surface area contributed by atoms with E-state index in [4.69, 9.17) is 10.8 Å². The van der Waals surface area contributed by atoms with Crippen molar-refractivity contribution in [1.29, 1.82) is 0 Å². The van der Waals surface area contributed by atoms with E-state index in [0.717, 1.165) is 23.4 Å². The van der Waals surface area contributed by atoms with Crippen LogP contribution in [0.4, 0.5) is 11.4 Å². The van der Waals surface area contributed by atoms with E-state index in [-0.39, 0.29) is 5.56 Å². The van der Waals surface area contributed by atoms with Gasteiger partial charge in [-0.1, -0.05) is 0 Å². The second-order valence-electron chi connectivity index (χ2n) is 4.62. The van der Waals surface area contributed by atoms with Crippen molar-refractivity contribution < 1.29 is 9.90 Å². The van der Waals surface area contributed by atoms with E-state index in [1.54, 1.807) is 6.07 Å². The minimum absolute atomic E-state index is 0.181. The number of aryl methyl sites for hydroxylation is 1. The maximum absolute atomic E-state index is 11.1. The van der Waals surface area contributed by atoms with Gasteiger partial charge in [0, 0.05) is 23.2 Å². The number of carboxylic acids is 1. The Morgan fingerprint density at radius 3 is 2.94 bits per heavy atom. The SMILES string of the molecule is Cc1cc(NC2CCCSC2)cc(C(=O)O)c1N. The molecule has 1 heterocycles. The van der Waals surface area contributed by atoms with Crippen LogP contribution in [0.25, 0.3) is 0 Å². The molecule has 1 aromatic carbocycles. The zero-order valence-corrected chi connectivity index (χ0v) is 11.2. The number of benzene rings is 1. The third-order valence-electron chi connectivity index (χ3n) is 3.15. The number of nitrogen functional groups attached to an aromatic ring is 1. The number of thioether (sulfide) groups is 1. The Morgan fingerprint density at radius 2 is 2.33 bits per heavy atom. The maximum Gasteiger partial charge on any atom is 0.337 e. The molecular weight excluding hydrogens is 248 g/mol. The van der Waals surface area contributed by atoms with Crippen LogP contribution >= 0.6 is 11.8 Å². The first-order chi connectivity index (χ1) is 8.58. The van der Waals surface area contributed by atoms with Gasteiger partial charge in [-0.2, -0.15) is 11.8 Å². The van der Waals surface area contributed by atoms with Crippen LogP contribution in [-0.2, 0) is 0 Å². The number of anilines is 2. The Morgan fingerprint density at radius 1 is 1.56 bits per heavy atom. The first-order valence-corrected chi connectivity index (χ1v) is 7.21. The average molecular weight is 266 g/mol. The fourth-order valence-corrected chi connectivity index (χ4v) is 3.22. The number of aromatic carboxylic acids is 1. The molecule has 1 atom stereocenters. The molecule has 0 aromatic heterocycles. The Kier molecular flexibility index (Phi) is 4.01. The Hall–Kier alpha value is -1.36. The summed E-state index contributed by atoms with van der Waals surface area (Å²) in [4.78, 5) is 11.1. The Balaban J connectivity index is 2.20. The van der Waals surface area contributed by atoms with Crippen molar-refractivity contribution in [3.63, 3.8) is 0 Å². The highest BCUT2D eigenvalue weighted by atomic mass is 32.2. The molecule has 5 heteroatoms. The summed E-state index contributed by atoms with van der Waals surface area (Å²) in [6, 6.07) is 3.97. The normalized spacial score (nSPS) is 19.5. The van der Waals surface area contributed by atoms with E-state index in [2.05, 4.69) is 5.32 Å². The van der Waals surface area contributed by atoms with Crippen molar-refractivity contribution in [1.82, 2.24) is 0 Å². The number of hydrogen-bond donors (Lipinski definition) is 3. The molecular formula is C13H18N2O2S. The summed E-state index contributed by atoms with van der Waals surface area (Å²) >= 11 is 1.94. The lowest BCUT2D eigenvalue weighted by Gasteiger charge is -2.24. The van der Waals surface area contributed by atoms with Gasteiger partial charge in [0.2, 0.25) is 0 Å². The Labute approximate surface area is 111 Å². The number of hydrogen-bond acceptors (Lipinski definition) is 4. The number of rotatable bonds is 3. The summed E-state index contributed by atoms with van der Waals surface area (Å²) in [6.45, 7) is 1.84. The van der Waals surface area contributed by atoms with Crippen molar-refractivity contribution >= 4 is 29.1 Å². The van der Waals surface area contributed by atoms with Crippen molar-refractivity contribution in [2.24, 2.45) is 0 Å². The molecule has 2 rings (SSSR count). The molecule has 98 valence electrons. The molecule has 1 aliphatic heterocycles. The molecule has 18 heavy (non-hydrogen) atoms. The van der Waals surface area contributed by atoms with Crippen molar-refractivity contribution in [2.45, 2.75) is 25.8 Å². The lowest BCUT2D eigenvalue weighted by molar-refractivity contribution is 0.0698. The highest BCUT2D eigenvalue weighted by Gasteiger charge is 2.16. The van der Waals surface area contributed by atoms with Crippen LogP contribution in [0.15, 0.2) is 12.1 Å². The summed E-state index contributed by atoms with van der Waals surface area (Å²) in [6.07, 6.45) is 2.35. The quantitative estimate of drug-likeness (QED) is 0.733. The van der Waals surface area contributed by atoms with Gasteiger partial charge in [0.1, 0.15) is 0 Å². The molecule has 1 unspecified atom stereocenters. The predicted octanol–water partition coefficient (Wildman–Crippen LogP) is 2.58. The van der Waals surface area contributed by atoms with Crippen LogP contribution < -0.4 is 11.1 Å². The molecule has 0 radical (unpaired) electrons. The van der Waals surface area contributed by atoms with Gasteiger partial charge in [0.15, 0.2) is 0 Å². The molecule has 0 amide bonds. The van der Waals surface area contributed by atoms with E-state index in [1.807, 2.05) is 24.8 Å². The zero-order chi connectivity index (χ0) is 13.1. The highest BCUT2D eigenvalue weighted by molar-refractivity contribution is 7.99. The van der Waals surface area contributed by atoms with Gasteiger partial charge in [-0.25, -0.2) is 4.79 Å². The zero-order valence-electron chi connectivity index (χ0n) is 10.4. The average Bonchev–Trinajstić information content (AvgIpc) is 2.34. The smallest absolute Gasteiger partial charge is 0.337 e. The number of nitrogens with two attached hydrogens (primary N) is 1.